The van der Waals surface area contributed by atoms with E-state index >= 15 is 0 Å². The van der Waals surface area contributed by atoms with Gasteiger partial charge in [-0.05, 0) is 43.1 Å². The SMILES string of the molecule is Cc1c(-c2ccccc2)c(=O)oc2c3c(ccc12)OCN(CCCN1CCOCC1)C3. The molecule has 2 aliphatic heterocycles. The fraction of sp³-hybridized carbons (Fsp3) is 0.400. The van der Waals surface area contributed by atoms with Crippen LogP contribution in [0.5, 0.6) is 5.75 Å². The summed E-state index contributed by atoms with van der Waals surface area (Å²) in [4.78, 5) is 17.7. The van der Waals surface area contributed by atoms with Gasteiger partial charge in [-0.2, -0.15) is 0 Å². The van der Waals surface area contributed by atoms with Crippen molar-refractivity contribution in [1.29, 1.82) is 0 Å². The van der Waals surface area contributed by atoms with E-state index in [9.17, 15) is 4.79 Å². The van der Waals surface area contributed by atoms with Crippen LogP contribution in [-0.4, -0.2) is 55.9 Å². The van der Waals surface area contributed by atoms with Gasteiger partial charge in [0.05, 0.1) is 24.3 Å². The van der Waals surface area contributed by atoms with E-state index in [1.165, 1.54) is 0 Å². The van der Waals surface area contributed by atoms with E-state index in [0.717, 1.165) is 80.2 Å². The Morgan fingerprint density at radius 3 is 2.55 bits per heavy atom. The molecule has 6 nitrogen and oxygen atoms in total. The Bertz CT molecular complexity index is 1120. The molecule has 0 aliphatic carbocycles. The lowest BCUT2D eigenvalue weighted by Gasteiger charge is -2.31. The number of nitrogens with zero attached hydrogens (tertiary/aromatic N) is 2. The molecule has 6 heteroatoms. The van der Waals surface area contributed by atoms with E-state index in [4.69, 9.17) is 13.9 Å². The second kappa shape index (κ2) is 8.83. The molecule has 1 aromatic heterocycles. The highest BCUT2D eigenvalue weighted by Gasteiger charge is 2.23. The standard InChI is InChI=1S/C25H28N2O4/c1-18-20-8-9-22-21(24(20)31-25(28)23(18)19-6-3-2-4-7-19)16-27(17-30-22)11-5-10-26-12-14-29-15-13-26/h2-4,6-9H,5,10-17H2,1H3. The highest BCUT2D eigenvalue weighted by Crippen LogP contribution is 2.35. The molecule has 162 valence electrons. The zero-order chi connectivity index (χ0) is 21.2. The van der Waals surface area contributed by atoms with Crippen LogP contribution in [-0.2, 0) is 11.3 Å². The number of rotatable bonds is 5. The molecule has 3 heterocycles. The minimum Gasteiger partial charge on any atom is -0.478 e. The Morgan fingerprint density at radius 1 is 0.968 bits per heavy atom. The second-order valence-corrected chi connectivity index (χ2v) is 8.31. The monoisotopic (exact) mass is 420 g/mol. The number of ether oxygens (including phenoxy) is 2. The van der Waals surface area contributed by atoms with Crippen LogP contribution in [0.15, 0.2) is 51.7 Å². The molecule has 0 unspecified atom stereocenters. The van der Waals surface area contributed by atoms with Gasteiger partial charge in [0.2, 0.25) is 0 Å². The average molecular weight is 421 g/mol. The number of hydrogen-bond acceptors (Lipinski definition) is 6. The van der Waals surface area contributed by atoms with Crippen LogP contribution in [0.2, 0.25) is 0 Å². The smallest absolute Gasteiger partial charge is 0.344 e. The lowest BCUT2D eigenvalue weighted by atomic mass is 9.97. The van der Waals surface area contributed by atoms with Crippen molar-refractivity contribution in [2.45, 2.75) is 19.9 Å². The zero-order valence-corrected chi connectivity index (χ0v) is 17.9. The molecule has 2 aromatic carbocycles. The van der Waals surface area contributed by atoms with Crippen LogP contribution in [0.25, 0.3) is 22.1 Å². The summed E-state index contributed by atoms with van der Waals surface area (Å²) in [5, 5.41) is 0.968. The van der Waals surface area contributed by atoms with E-state index in [-0.39, 0.29) is 5.63 Å². The third-order valence-electron chi connectivity index (χ3n) is 6.29. The Hall–Kier alpha value is -2.67. The van der Waals surface area contributed by atoms with E-state index in [0.29, 0.717) is 17.9 Å². The molecule has 0 atom stereocenters. The van der Waals surface area contributed by atoms with Gasteiger partial charge in [-0.1, -0.05) is 30.3 Å². The van der Waals surface area contributed by atoms with Gasteiger partial charge in [0, 0.05) is 31.6 Å². The summed E-state index contributed by atoms with van der Waals surface area (Å²) in [6.07, 6.45) is 1.07. The number of morpholine rings is 1. The molecular weight excluding hydrogens is 392 g/mol. The number of aryl methyl sites for hydroxylation is 1. The first-order valence-electron chi connectivity index (χ1n) is 11.0. The minimum absolute atomic E-state index is 0.297. The lowest BCUT2D eigenvalue weighted by Crippen LogP contribution is -2.39. The largest absolute Gasteiger partial charge is 0.478 e. The molecule has 0 N–H and O–H groups in total. The quantitative estimate of drug-likeness (QED) is 0.588. The maximum atomic E-state index is 12.9. The highest BCUT2D eigenvalue weighted by molar-refractivity contribution is 5.90. The Morgan fingerprint density at radius 2 is 1.74 bits per heavy atom. The first-order chi connectivity index (χ1) is 15.2. The number of benzene rings is 2. The summed E-state index contributed by atoms with van der Waals surface area (Å²) < 4.78 is 17.3. The van der Waals surface area contributed by atoms with E-state index < -0.39 is 0 Å². The van der Waals surface area contributed by atoms with Gasteiger partial charge in [0.15, 0.2) is 0 Å². The van der Waals surface area contributed by atoms with Gasteiger partial charge in [0.1, 0.15) is 18.1 Å². The molecule has 0 radical (unpaired) electrons. The van der Waals surface area contributed by atoms with E-state index in [2.05, 4.69) is 9.80 Å². The minimum atomic E-state index is -0.297. The zero-order valence-electron chi connectivity index (χ0n) is 17.9. The summed E-state index contributed by atoms with van der Waals surface area (Å²) in [6.45, 7) is 8.98. The van der Waals surface area contributed by atoms with Gasteiger partial charge >= 0.3 is 5.63 Å². The summed E-state index contributed by atoms with van der Waals surface area (Å²) >= 11 is 0. The first-order valence-corrected chi connectivity index (χ1v) is 11.0. The van der Waals surface area contributed by atoms with Gasteiger partial charge in [-0.3, -0.25) is 9.80 Å². The fourth-order valence-electron chi connectivity index (χ4n) is 4.59. The summed E-state index contributed by atoms with van der Waals surface area (Å²) in [6, 6.07) is 13.7. The lowest BCUT2D eigenvalue weighted by molar-refractivity contribution is 0.0330. The molecule has 3 aromatic rings. The van der Waals surface area contributed by atoms with Gasteiger partial charge in [0.25, 0.3) is 0 Å². The Kier molecular flexibility index (Phi) is 5.76. The molecule has 31 heavy (non-hydrogen) atoms. The van der Waals surface area contributed by atoms with Crippen molar-refractivity contribution in [3.8, 4) is 16.9 Å². The van der Waals surface area contributed by atoms with Gasteiger partial charge in [-0.15, -0.1) is 0 Å². The molecule has 1 saturated heterocycles. The number of fused-ring (bicyclic) bond motifs is 3. The van der Waals surface area contributed by atoms with Crippen LogP contribution >= 0.6 is 0 Å². The molecule has 0 spiro atoms. The fourth-order valence-corrected chi connectivity index (χ4v) is 4.59. The summed E-state index contributed by atoms with van der Waals surface area (Å²) in [5.74, 6) is 0.812. The molecule has 0 saturated carbocycles. The van der Waals surface area contributed by atoms with E-state index in [1.807, 2.05) is 49.4 Å². The third kappa shape index (κ3) is 4.11. The van der Waals surface area contributed by atoms with Crippen molar-refractivity contribution >= 4 is 11.0 Å². The van der Waals surface area contributed by atoms with Gasteiger partial charge in [-0.25, -0.2) is 4.79 Å². The molecule has 0 amide bonds. The van der Waals surface area contributed by atoms with Crippen LogP contribution in [0.1, 0.15) is 17.5 Å². The van der Waals surface area contributed by atoms with Crippen molar-refractivity contribution in [2.75, 3.05) is 46.1 Å². The summed E-state index contributed by atoms with van der Waals surface area (Å²) in [7, 11) is 0. The summed E-state index contributed by atoms with van der Waals surface area (Å²) in [5.41, 5.74) is 3.78. The van der Waals surface area contributed by atoms with Crippen molar-refractivity contribution in [2.24, 2.45) is 0 Å². The number of hydrogen-bond donors (Lipinski definition) is 0. The second-order valence-electron chi connectivity index (χ2n) is 8.31. The van der Waals surface area contributed by atoms with Crippen molar-refractivity contribution < 1.29 is 13.9 Å². The topological polar surface area (TPSA) is 55.2 Å². The molecule has 2 aliphatic rings. The van der Waals surface area contributed by atoms with Crippen LogP contribution in [0, 0.1) is 6.92 Å². The molecule has 1 fully saturated rings. The van der Waals surface area contributed by atoms with Gasteiger partial charge < -0.3 is 13.9 Å². The predicted octanol–water partition coefficient (Wildman–Crippen LogP) is 3.64. The molecular formula is C25H28N2O4. The third-order valence-corrected chi connectivity index (χ3v) is 6.29. The van der Waals surface area contributed by atoms with Crippen LogP contribution in [0.3, 0.4) is 0 Å². The Balaban J connectivity index is 1.39. The maximum Gasteiger partial charge on any atom is 0.344 e. The predicted molar refractivity (Wildman–Crippen MR) is 120 cm³/mol. The first kappa shape index (κ1) is 20.2. The van der Waals surface area contributed by atoms with E-state index in [1.54, 1.807) is 0 Å². The van der Waals surface area contributed by atoms with Crippen molar-refractivity contribution in [3.05, 3.63) is 64.0 Å². The average Bonchev–Trinajstić information content (AvgIpc) is 2.80. The Labute approximate surface area is 182 Å². The molecule has 5 rings (SSSR count). The normalized spacial score (nSPS) is 17.5. The van der Waals surface area contributed by atoms with Crippen molar-refractivity contribution in [1.82, 2.24) is 9.80 Å². The van der Waals surface area contributed by atoms with Crippen LogP contribution < -0.4 is 10.4 Å². The molecule has 0 bridgehead atoms. The highest BCUT2D eigenvalue weighted by atomic mass is 16.5. The van der Waals surface area contributed by atoms with Crippen LogP contribution in [0.4, 0.5) is 0 Å². The maximum absolute atomic E-state index is 12.9. The van der Waals surface area contributed by atoms with Crippen molar-refractivity contribution in [3.63, 3.8) is 0 Å².